The molecule has 0 saturated heterocycles. The number of halogens is 2. The average Bonchev–Trinajstić information content (AvgIpc) is 3.09. The molecule has 1 heterocycles. The molecule has 3 aromatic rings. The summed E-state index contributed by atoms with van der Waals surface area (Å²) >= 11 is 1.09. The fraction of sp³-hybridized carbons (Fsp3) is 0.217. The summed E-state index contributed by atoms with van der Waals surface area (Å²) in [6, 6.07) is 14.1. The molecule has 4 rings (SSSR count). The normalized spacial score (nSPS) is 13.5. The smallest absolute Gasteiger partial charge is 0.449 e. The number of amides is 1. The molecule has 0 radical (unpaired) electrons. The number of carbonyl (C=O) groups excluding carboxylic acids is 1. The molecule has 1 aromatic heterocycles. The van der Waals surface area contributed by atoms with Crippen LogP contribution in [0, 0.1) is 17.6 Å². The van der Waals surface area contributed by atoms with Crippen molar-refractivity contribution >= 4 is 29.1 Å². The van der Waals surface area contributed by atoms with Crippen molar-refractivity contribution in [1.29, 1.82) is 0 Å². The zero-order valence-electron chi connectivity index (χ0n) is 16.4. The summed E-state index contributed by atoms with van der Waals surface area (Å²) in [6.07, 6.45) is 0.844. The van der Waals surface area contributed by atoms with Gasteiger partial charge in [0.15, 0.2) is 0 Å². The molecular weight excluding hydrogens is 424 g/mol. The van der Waals surface area contributed by atoms with Crippen LogP contribution in [0.3, 0.4) is 0 Å². The maximum absolute atomic E-state index is 14.4. The number of thiophene rings is 1. The monoisotopic (exact) mass is 443 g/mol. The first-order valence-corrected chi connectivity index (χ1v) is 10.6. The molecule has 0 bridgehead atoms. The van der Waals surface area contributed by atoms with E-state index in [9.17, 15) is 23.5 Å². The number of benzene rings is 2. The topological polar surface area (TPSA) is 66.8 Å². The van der Waals surface area contributed by atoms with E-state index < -0.39 is 17.8 Å². The van der Waals surface area contributed by atoms with Gasteiger partial charge >= 0.3 is 6.16 Å². The summed E-state index contributed by atoms with van der Waals surface area (Å²) in [5, 5.41) is 9.23. The van der Waals surface area contributed by atoms with Gasteiger partial charge in [0.1, 0.15) is 11.6 Å². The van der Waals surface area contributed by atoms with E-state index >= 15 is 0 Å². The Morgan fingerprint density at radius 3 is 2.45 bits per heavy atom. The van der Waals surface area contributed by atoms with Crippen LogP contribution < -0.4 is 9.64 Å². The van der Waals surface area contributed by atoms with Crippen molar-refractivity contribution in [3.05, 3.63) is 71.8 Å². The zero-order chi connectivity index (χ0) is 22.0. The van der Waals surface area contributed by atoms with E-state index in [0.29, 0.717) is 17.7 Å². The minimum Gasteiger partial charge on any atom is -0.449 e. The third kappa shape index (κ3) is 4.59. The van der Waals surface area contributed by atoms with Crippen LogP contribution in [0.1, 0.15) is 24.8 Å². The number of hydrogen-bond acceptors (Lipinski definition) is 4. The van der Waals surface area contributed by atoms with E-state index in [4.69, 9.17) is 4.74 Å². The Hall–Kier alpha value is -3.26. The van der Waals surface area contributed by atoms with Crippen molar-refractivity contribution in [1.82, 2.24) is 0 Å². The van der Waals surface area contributed by atoms with E-state index in [-0.39, 0.29) is 34.7 Å². The molecule has 2 aromatic carbocycles. The number of ether oxygens (including phenoxy) is 1. The van der Waals surface area contributed by atoms with E-state index in [1.165, 1.54) is 11.0 Å². The van der Waals surface area contributed by atoms with Gasteiger partial charge in [0.05, 0.1) is 12.2 Å². The Kier molecular flexibility index (Phi) is 5.99. The van der Waals surface area contributed by atoms with E-state index in [2.05, 4.69) is 0 Å². The van der Waals surface area contributed by atoms with Gasteiger partial charge in [0.25, 0.3) is 0 Å². The highest BCUT2D eigenvalue weighted by Crippen LogP contribution is 2.45. The first kappa shape index (κ1) is 21.0. The number of rotatable bonds is 6. The van der Waals surface area contributed by atoms with Crippen LogP contribution in [0.4, 0.5) is 19.3 Å². The quantitative estimate of drug-likeness (QED) is 0.469. The third-order valence-corrected chi connectivity index (χ3v) is 6.32. The summed E-state index contributed by atoms with van der Waals surface area (Å²) < 4.78 is 32.7. The SMILES string of the molecule is O=C(O)Oc1sc(-c2ccccc2)cc1N(Cc1ccc(F)cc1F)C(=O)C1CCC1. The van der Waals surface area contributed by atoms with E-state index in [0.717, 1.165) is 35.5 Å². The Morgan fingerprint density at radius 2 is 1.84 bits per heavy atom. The number of hydrogen-bond donors (Lipinski definition) is 1. The van der Waals surface area contributed by atoms with Crippen LogP contribution in [-0.2, 0) is 11.3 Å². The zero-order valence-corrected chi connectivity index (χ0v) is 17.2. The van der Waals surface area contributed by atoms with Crippen molar-refractivity contribution in [3.8, 4) is 15.5 Å². The van der Waals surface area contributed by atoms with Gasteiger partial charge in [-0.05, 0) is 30.5 Å². The molecule has 0 spiro atoms. The molecule has 1 saturated carbocycles. The van der Waals surface area contributed by atoms with Gasteiger partial charge in [-0.15, -0.1) is 0 Å². The summed E-state index contributed by atoms with van der Waals surface area (Å²) in [5.41, 5.74) is 1.22. The Balaban J connectivity index is 1.78. The lowest BCUT2D eigenvalue weighted by Crippen LogP contribution is -2.38. The second kappa shape index (κ2) is 8.85. The first-order valence-electron chi connectivity index (χ1n) is 9.77. The highest BCUT2D eigenvalue weighted by atomic mass is 32.1. The second-order valence-electron chi connectivity index (χ2n) is 7.31. The number of carboxylic acid groups (broad SMARTS) is 1. The Bertz CT molecular complexity index is 1110. The maximum Gasteiger partial charge on any atom is 0.512 e. The molecule has 31 heavy (non-hydrogen) atoms. The predicted molar refractivity (Wildman–Crippen MR) is 113 cm³/mol. The average molecular weight is 443 g/mol. The fourth-order valence-corrected chi connectivity index (χ4v) is 4.44. The predicted octanol–water partition coefficient (Wildman–Crippen LogP) is 6.08. The van der Waals surface area contributed by atoms with Crippen molar-refractivity contribution in [2.24, 2.45) is 5.92 Å². The summed E-state index contributed by atoms with van der Waals surface area (Å²) in [4.78, 5) is 26.6. The van der Waals surface area contributed by atoms with Gasteiger partial charge < -0.3 is 14.7 Å². The van der Waals surface area contributed by atoms with Gasteiger partial charge in [0.2, 0.25) is 11.0 Å². The van der Waals surface area contributed by atoms with Gasteiger partial charge in [-0.2, -0.15) is 0 Å². The lowest BCUT2D eigenvalue weighted by atomic mass is 9.84. The molecule has 8 heteroatoms. The Morgan fingerprint density at radius 1 is 1.10 bits per heavy atom. The van der Waals surface area contributed by atoms with Crippen molar-refractivity contribution in [3.63, 3.8) is 0 Å². The Labute approximate surface area is 181 Å². The lowest BCUT2D eigenvalue weighted by Gasteiger charge is -2.31. The van der Waals surface area contributed by atoms with Crippen LogP contribution in [0.2, 0.25) is 0 Å². The highest BCUT2D eigenvalue weighted by molar-refractivity contribution is 7.18. The van der Waals surface area contributed by atoms with Crippen LogP contribution in [0.25, 0.3) is 10.4 Å². The fourth-order valence-electron chi connectivity index (χ4n) is 3.43. The molecule has 1 aliphatic carbocycles. The lowest BCUT2D eigenvalue weighted by molar-refractivity contribution is -0.124. The first-order chi connectivity index (χ1) is 14.9. The van der Waals surface area contributed by atoms with Crippen LogP contribution in [0.5, 0.6) is 5.06 Å². The summed E-state index contributed by atoms with van der Waals surface area (Å²) in [7, 11) is 0. The highest BCUT2D eigenvalue weighted by Gasteiger charge is 2.33. The van der Waals surface area contributed by atoms with E-state index in [1.807, 2.05) is 30.3 Å². The standard InChI is InChI=1S/C23H19F2NO4S/c24-17-10-9-16(18(25)11-17)13-26(21(27)15-7-4-8-15)19-12-20(14-5-2-1-3-6-14)31-22(19)30-23(28)29/h1-3,5-6,9-12,15H,4,7-8,13H2,(H,28,29). The molecule has 0 atom stereocenters. The molecule has 160 valence electrons. The third-order valence-electron chi connectivity index (χ3n) is 5.27. The molecule has 1 aliphatic rings. The van der Waals surface area contributed by atoms with Crippen LogP contribution in [0.15, 0.2) is 54.6 Å². The van der Waals surface area contributed by atoms with Crippen LogP contribution in [-0.4, -0.2) is 17.2 Å². The van der Waals surface area contributed by atoms with Gasteiger partial charge in [-0.25, -0.2) is 13.6 Å². The molecule has 1 N–H and O–H groups in total. The maximum atomic E-state index is 14.4. The van der Waals surface area contributed by atoms with Crippen molar-refractivity contribution < 1.29 is 28.2 Å². The summed E-state index contributed by atoms with van der Waals surface area (Å²) in [6.45, 7) is -0.164. The minimum atomic E-state index is -1.51. The van der Waals surface area contributed by atoms with Gasteiger partial charge in [0, 0.05) is 22.4 Å². The van der Waals surface area contributed by atoms with Crippen molar-refractivity contribution in [2.45, 2.75) is 25.8 Å². The molecule has 1 fully saturated rings. The molecule has 0 aliphatic heterocycles. The number of nitrogens with zero attached hydrogens (tertiary/aromatic N) is 1. The van der Waals surface area contributed by atoms with Gasteiger partial charge in [-0.1, -0.05) is 54.2 Å². The van der Waals surface area contributed by atoms with E-state index in [1.54, 1.807) is 6.07 Å². The minimum absolute atomic E-state index is 0.0292. The molecule has 5 nitrogen and oxygen atoms in total. The summed E-state index contributed by atoms with van der Waals surface area (Å²) in [5.74, 6) is -1.94. The number of carbonyl (C=O) groups is 2. The second-order valence-corrected chi connectivity index (χ2v) is 8.32. The molecular formula is C23H19F2NO4S. The molecule has 0 unspecified atom stereocenters. The largest absolute Gasteiger partial charge is 0.512 e. The van der Waals surface area contributed by atoms with Crippen LogP contribution >= 0.6 is 11.3 Å². The van der Waals surface area contributed by atoms with Gasteiger partial charge in [-0.3, -0.25) is 4.79 Å². The number of anilines is 1. The molecule has 1 amide bonds. The van der Waals surface area contributed by atoms with Crippen molar-refractivity contribution in [2.75, 3.05) is 4.90 Å².